The third-order valence-corrected chi connectivity index (χ3v) is 4.87. The molecule has 0 spiro atoms. The number of rotatable bonds is 13. The van der Waals surface area contributed by atoms with Gasteiger partial charge in [0.15, 0.2) is 0 Å². The SMILES string of the molecule is NC(=O)CCCC=CC[C@H]1[C@@H](O)CC[C@@H]1C=CCCCCCCO. The van der Waals surface area contributed by atoms with E-state index in [4.69, 9.17) is 10.8 Å². The molecule has 0 saturated heterocycles. The Kier molecular flexibility index (Phi) is 11.5. The van der Waals surface area contributed by atoms with E-state index in [0.717, 1.165) is 51.4 Å². The molecule has 3 atom stereocenters. The van der Waals surface area contributed by atoms with Crippen LogP contribution in [0.5, 0.6) is 0 Å². The van der Waals surface area contributed by atoms with Gasteiger partial charge in [-0.2, -0.15) is 0 Å². The number of carbonyl (C=O) groups excluding carboxylic acids is 1. The molecule has 0 aliphatic heterocycles. The molecular formula is C20H35NO3. The molecule has 24 heavy (non-hydrogen) atoms. The summed E-state index contributed by atoms with van der Waals surface area (Å²) in [7, 11) is 0. The number of nitrogens with two attached hydrogens (primary N) is 1. The number of unbranched alkanes of at least 4 members (excludes halogenated alkanes) is 5. The molecule has 0 radical (unpaired) electrons. The summed E-state index contributed by atoms with van der Waals surface area (Å²) >= 11 is 0. The zero-order valence-corrected chi connectivity index (χ0v) is 14.9. The van der Waals surface area contributed by atoms with Gasteiger partial charge in [-0.3, -0.25) is 4.79 Å². The van der Waals surface area contributed by atoms with Gasteiger partial charge in [-0.1, -0.05) is 37.1 Å². The summed E-state index contributed by atoms with van der Waals surface area (Å²) in [5.74, 6) is 0.562. The van der Waals surface area contributed by atoms with Gasteiger partial charge in [0.2, 0.25) is 5.91 Å². The lowest BCUT2D eigenvalue weighted by atomic mass is 9.90. The Bertz CT molecular complexity index is 392. The van der Waals surface area contributed by atoms with Crippen molar-refractivity contribution in [1.29, 1.82) is 0 Å². The molecule has 1 saturated carbocycles. The summed E-state index contributed by atoms with van der Waals surface area (Å²) in [6.07, 6.45) is 19.1. The third kappa shape index (κ3) is 9.24. The largest absolute Gasteiger partial charge is 0.396 e. The molecule has 1 rings (SSSR count). The van der Waals surface area contributed by atoms with Gasteiger partial charge in [0, 0.05) is 13.0 Å². The average molecular weight is 338 g/mol. The third-order valence-electron chi connectivity index (χ3n) is 4.87. The van der Waals surface area contributed by atoms with E-state index >= 15 is 0 Å². The lowest BCUT2D eigenvalue weighted by Crippen LogP contribution is -2.17. The van der Waals surface area contributed by atoms with Crippen LogP contribution in [-0.2, 0) is 4.79 Å². The molecule has 138 valence electrons. The monoisotopic (exact) mass is 337 g/mol. The molecule has 1 aliphatic carbocycles. The standard InChI is InChI=1S/C20H35NO3/c21-20(24)13-9-5-4-8-12-18-17(14-15-19(18)23)11-7-3-1-2-6-10-16-22/h4,7-8,11,17-19,22-23H,1-3,5-6,9-10,12-16H2,(H2,21,24)/t17-,18+,19-/m0/s1. The number of primary amides is 1. The Hall–Kier alpha value is -1.13. The highest BCUT2D eigenvalue weighted by molar-refractivity contribution is 5.73. The predicted molar refractivity (Wildman–Crippen MR) is 98.3 cm³/mol. The van der Waals surface area contributed by atoms with Crippen molar-refractivity contribution >= 4 is 5.91 Å². The van der Waals surface area contributed by atoms with Gasteiger partial charge >= 0.3 is 0 Å². The molecule has 1 amide bonds. The molecule has 0 aromatic rings. The minimum absolute atomic E-state index is 0.195. The maximum absolute atomic E-state index is 10.7. The average Bonchev–Trinajstić information content (AvgIpc) is 2.90. The summed E-state index contributed by atoms with van der Waals surface area (Å²) in [6.45, 7) is 0.299. The molecule has 0 unspecified atom stereocenters. The van der Waals surface area contributed by atoms with Crippen molar-refractivity contribution in [3.05, 3.63) is 24.3 Å². The van der Waals surface area contributed by atoms with Crippen molar-refractivity contribution in [1.82, 2.24) is 0 Å². The molecule has 0 bridgehead atoms. The van der Waals surface area contributed by atoms with Crippen molar-refractivity contribution in [3.8, 4) is 0 Å². The summed E-state index contributed by atoms with van der Waals surface area (Å²) in [6, 6.07) is 0. The van der Waals surface area contributed by atoms with Gasteiger partial charge in [0.25, 0.3) is 0 Å². The highest BCUT2D eigenvalue weighted by atomic mass is 16.3. The maximum Gasteiger partial charge on any atom is 0.217 e. The van der Waals surface area contributed by atoms with E-state index in [1.807, 2.05) is 0 Å². The van der Waals surface area contributed by atoms with Crippen LogP contribution >= 0.6 is 0 Å². The minimum atomic E-state index is -0.240. The van der Waals surface area contributed by atoms with Crippen LogP contribution in [0.3, 0.4) is 0 Å². The molecule has 4 nitrogen and oxygen atoms in total. The summed E-state index contributed by atoms with van der Waals surface area (Å²) in [4.78, 5) is 10.7. The maximum atomic E-state index is 10.7. The Morgan fingerprint density at radius 1 is 1.00 bits per heavy atom. The fourth-order valence-corrected chi connectivity index (χ4v) is 3.41. The molecular weight excluding hydrogens is 302 g/mol. The molecule has 1 aliphatic rings. The van der Waals surface area contributed by atoms with E-state index in [-0.39, 0.29) is 12.0 Å². The van der Waals surface area contributed by atoms with Gasteiger partial charge in [-0.25, -0.2) is 0 Å². The van der Waals surface area contributed by atoms with E-state index < -0.39 is 0 Å². The van der Waals surface area contributed by atoms with Crippen molar-refractivity contribution in [3.63, 3.8) is 0 Å². The van der Waals surface area contributed by atoms with Crippen LogP contribution in [0.25, 0.3) is 0 Å². The van der Waals surface area contributed by atoms with E-state index in [9.17, 15) is 9.90 Å². The van der Waals surface area contributed by atoms with Gasteiger partial charge in [0.05, 0.1) is 6.10 Å². The highest BCUT2D eigenvalue weighted by Gasteiger charge is 2.32. The van der Waals surface area contributed by atoms with Crippen LogP contribution in [0.4, 0.5) is 0 Å². The van der Waals surface area contributed by atoms with Gasteiger partial charge in [-0.05, 0) is 63.2 Å². The van der Waals surface area contributed by atoms with Crippen molar-refractivity contribution < 1.29 is 15.0 Å². The van der Waals surface area contributed by atoms with Crippen LogP contribution in [-0.4, -0.2) is 28.8 Å². The Morgan fingerprint density at radius 3 is 2.50 bits per heavy atom. The number of hydrogen-bond donors (Lipinski definition) is 3. The highest BCUT2D eigenvalue weighted by Crippen LogP contribution is 2.36. The molecule has 1 fully saturated rings. The number of carbonyl (C=O) groups is 1. The topological polar surface area (TPSA) is 83.6 Å². The van der Waals surface area contributed by atoms with E-state index in [1.54, 1.807) is 0 Å². The van der Waals surface area contributed by atoms with Crippen LogP contribution in [0.15, 0.2) is 24.3 Å². The number of hydrogen-bond acceptors (Lipinski definition) is 3. The quantitative estimate of drug-likeness (QED) is 0.355. The lowest BCUT2D eigenvalue weighted by Gasteiger charge is -2.17. The Morgan fingerprint density at radius 2 is 1.75 bits per heavy atom. The second-order valence-electron chi connectivity index (χ2n) is 6.89. The van der Waals surface area contributed by atoms with Crippen molar-refractivity contribution in [2.45, 2.75) is 76.7 Å². The molecule has 4 heteroatoms. The fraction of sp³-hybridized carbons (Fsp3) is 0.750. The first-order valence-corrected chi connectivity index (χ1v) is 9.54. The minimum Gasteiger partial charge on any atom is -0.396 e. The second-order valence-corrected chi connectivity index (χ2v) is 6.89. The summed E-state index contributed by atoms with van der Waals surface area (Å²) in [5, 5.41) is 18.9. The van der Waals surface area contributed by atoms with Gasteiger partial charge in [-0.15, -0.1) is 0 Å². The molecule has 0 heterocycles. The predicted octanol–water partition coefficient (Wildman–Crippen LogP) is 3.47. The van der Waals surface area contributed by atoms with Crippen molar-refractivity contribution in [2.24, 2.45) is 17.6 Å². The number of amides is 1. The van der Waals surface area contributed by atoms with Gasteiger partial charge in [0.1, 0.15) is 0 Å². The molecule has 0 aromatic carbocycles. The van der Waals surface area contributed by atoms with Crippen LogP contribution in [0.2, 0.25) is 0 Å². The van der Waals surface area contributed by atoms with Crippen LogP contribution in [0.1, 0.15) is 70.6 Å². The zero-order valence-electron chi connectivity index (χ0n) is 14.9. The summed E-state index contributed by atoms with van der Waals surface area (Å²) < 4.78 is 0. The summed E-state index contributed by atoms with van der Waals surface area (Å²) in [5.41, 5.74) is 5.12. The Balaban J connectivity index is 2.23. The number of aliphatic hydroxyl groups is 2. The fourth-order valence-electron chi connectivity index (χ4n) is 3.41. The van der Waals surface area contributed by atoms with Gasteiger partial charge < -0.3 is 15.9 Å². The lowest BCUT2D eigenvalue weighted by molar-refractivity contribution is -0.118. The second kappa shape index (κ2) is 13.2. The van der Waals surface area contributed by atoms with Crippen molar-refractivity contribution in [2.75, 3.05) is 6.61 Å². The molecule has 0 aromatic heterocycles. The smallest absolute Gasteiger partial charge is 0.217 e. The van der Waals surface area contributed by atoms with E-state index in [1.165, 1.54) is 12.8 Å². The normalized spacial score (nSPS) is 24.3. The first kappa shape index (κ1) is 20.9. The number of aliphatic hydroxyl groups excluding tert-OH is 2. The zero-order chi connectivity index (χ0) is 17.6. The van der Waals surface area contributed by atoms with E-state index in [0.29, 0.717) is 24.9 Å². The Labute approximate surface area is 146 Å². The van der Waals surface area contributed by atoms with E-state index in [2.05, 4.69) is 24.3 Å². The van der Waals surface area contributed by atoms with Crippen LogP contribution in [0, 0.1) is 11.8 Å². The molecule has 4 N–H and O–H groups in total. The van der Waals surface area contributed by atoms with Crippen LogP contribution < -0.4 is 5.73 Å². The first-order chi connectivity index (χ1) is 11.6. The number of allylic oxidation sites excluding steroid dienone is 4. The first-order valence-electron chi connectivity index (χ1n) is 9.54.